The summed E-state index contributed by atoms with van der Waals surface area (Å²) in [6, 6.07) is 5.30. The van der Waals surface area contributed by atoms with Crippen LogP contribution < -0.4 is 5.73 Å². The van der Waals surface area contributed by atoms with Gasteiger partial charge in [-0.15, -0.1) is 0 Å². The van der Waals surface area contributed by atoms with Gasteiger partial charge in [-0.3, -0.25) is 9.59 Å². The Morgan fingerprint density at radius 1 is 1.40 bits per heavy atom. The van der Waals surface area contributed by atoms with Crippen molar-refractivity contribution < 1.29 is 23.1 Å². The van der Waals surface area contributed by atoms with E-state index in [0.29, 0.717) is 0 Å². The predicted octanol–water partition coefficient (Wildman–Crippen LogP) is 0.127. The summed E-state index contributed by atoms with van der Waals surface area (Å²) in [6.45, 7) is 1.24. The number of hydrogen-bond acceptors (Lipinski definition) is 4. The fraction of sp³-hybridized carbons (Fsp3) is 0.333. The molecule has 0 aliphatic rings. The smallest absolute Gasteiger partial charge is 0.307 e. The van der Waals surface area contributed by atoms with E-state index in [1.54, 1.807) is 0 Å². The monoisotopic (exact) mass is 300 g/mol. The largest absolute Gasteiger partial charge is 0.481 e. The maximum absolute atomic E-state index is 12.2. The second-order valence-corrected chi connectivity index (χ2v) is 6.46. The van der Waals surface area contributed by atoms with Crippen molar-refractivity contribution in [1.29, 1.82) is 0 Å². The van der Waals surface area contributed by atoms with E-state index in [1.165, 1.54) is 38.2 Å². The molecule has 0 spiro atoms. The van der Waals surface area contributed by atoms with Crippen molar-refractivity contribution >= 4 is 21.9 Å². The lowest BCUT2D eigenvalue weighted by atomic mass is 10.2. The third-order valence-electron chi connectivity index (χ3n) is 2.78. The summed E-state index contributed by atoms with van der Waals surface area (Å²) in [5.41, 5.74) is 5.17. The van der Waals surface area contributed by atoms with Crippen molar-refractivity contribution in [2.45, 2.75) is 11.8 Å². The molecule has 0 aromatic heterocycles. The summed E-state index contributed by atoms with van der Waals surface area (Å²) in [5.74, 6) is -2.66. The fourth-order valence-electron chi connectivity index (χ4n) is 1.55. The highest BCUT2D eigenvalue weighted by molar-refractivity contribution is 7.89. The number of rotatable bonds is 6. The zero-order valence-corrected chi connectivity index (χ0v) is 11.9. The van der Waals surface area contributed by atoms with Gasteiger partial charge in [-0.1, -0.05) is 13.0 Å². The van der Waals surface area contributed by atoms with Crippen LogP contribution in [0.5, 0.6) is 0 Å². The quantitative estimate of drug-likeness (QED) is 0.774. The number of carbonyl (C=O) groups is 2. The predicted molar refractivity (Wildman–Crippen MR) is 71.6 cm³/mol. The Morgan fingerprint density at radius 2 is 2.00 bits per heavy atom. The van der Waals surface area contributed by atoms with Crippen molar-refractivity contribution in [3.05, 3.63) is 29.8 Å². The van der Waals surface area contributed by atoms with Crippen LogP contribution in [0.2, 0.25) is 0 Å². The molecule has 1 rings (SSSR count). The molecule has 7 nitrogen and oxygen atoms in total. The Kier molecular flexibility index (Phi) is 4.85. The minimum Gasteiger partial charge on any atom is -0.481 e. The molecule has 1 amide bonds. The van der Waals surface area contributed by atoms with Gasteiger partial charge >= 0.3 is 5.97 Å². The van der Waals surface area contributed by atoms with E-state index in [2.05, 4.69) is 0 Å². The molecule has 3 N–H and O–H groups in total. The number of carbonyl (C=O) groups excluding carboxylic acids is 1. The van der Waals surface area contributed by atoms with Gasteiger partial charge in [-0.05, 0) is 18.2 Å². The summed E-state index contributed by atoms with van der Waals surface area (Å²) in [7, 11) is -2.58. The number of nitrogens with two attached hydrogens (primary N) is 1. The minimum absolute atomic E-state index is 0.0748. The summed E-state index contributed by atoms with van der Waals surface area (Å²) in [6.07, 6.45) is 0. The lowest BCUT2D eigenvalue weighted by Crippen LogP contribution is -2.33. The Balaban J connectivity index is 3.07. The van der Waals surface area contributed by atoms with Crippen molar-refractivity contribution in [2.24, 2.45) is 11.7 Å². The molecule has 1 aromatic carbocycles. The van der Waals surface area contributed by atoms with E-state index in [9.17, 15) is 18.0 Å². The average Bonchev–Trinajstić information content (AvgIpc) is 2.38. The van der Waals surface area contributed by atoms with Crippen LogP contribution in [0, 0.1) is 5.92 Å². The molecule has 0 heterocycles. The average molecular weight is 300 g/mol. The van der Waals surface area contributed by atoms with Crippen molar-refractivity contribution in [2.75, 3.05) is 13.6 Å². The number of benzene rings is 1. The first kappa shape index (κ1) is 16.1. The number of hydrogen-bond donors (Lipinski definition) is 2. The number of nitrogens with zero attached hydrogens (tertiary/aromatic N) is 1. The molecule has 0 aliphatic carbocycles. The van der Waals surface area contributed by atoms with Gasteiger partial charge in [0.25, 0.3) is 0 Å². The van der Waals surface area contributed by atoms with Crippen LogP contribution >= 0.6 is 0 Å². The number of sulfonamides is 1. The summed E-state index contributed by atoms with van der Waals surface area (Å²) in [5, 5.41) is 8.80. The van der Waals surface area contributed by atoms with Crippen molar-refractivity contribution in [3.8, 4) is 0 Å². The van der Waals surface area contributed by atoms with Gasteiger partial charge in [-0.25, -0.2) is 12.7 Å². The maximum atomic E-state index is 12.2. The zero-order chi connectivity index (χ0) is 15.5. The number of carboxylic acids is 1. The summed E-state index contributed by atoms with van der Waals surface area (Å²) < 4.78 is 25.4. The molecular formula is C12H16N2O5S. The molecule has 0 aliphatic heterocycles. The molecule has 0 saturated heterocycles. The third-order valence-corrected chi connectivity index (χ3v) is 4.60. The van der Waals surface area contributed by atoms with Crippen molar-refractivity contribution in [3.63, 3.8) is 0 Å². The molecule has 0 radical (unpaired) electrons. The SMILES string of the molecule is CC(CN(C)S(=O)(=O)c1cccc(C(N)=O)c1)C(=O)O. The van der Waals surface area contributed by atoms with E-state index < -0.39 is 27.8 Å². The van der Waals surface area contributed by atoms with Crippen molar-refractivity contribution in [1.82, 2.24) is 4.31 Å². The number of carboxylic acid groups (broad SMARTS) is 1. The van der Waals surface area contributed by atoms with Crippen LogP contribution in [0.15, 0.2) is 29.2 Å². The lowest BCUT2D eigenvalue weighted by molar-refractivity contribution is -0.141. The molecule has 1 atom stereocenters. The fourth-order valence-corrected chi connectivity index (χ4v) is 2.86. The highest BCUT2D eigenvalue weighted by Gasteiger charge is 2.25. The number of amides is 1. The highest BCUT2D eigenvalue weighted by atomic mass is 32.2. The Bertz CT molecular complexity index is 626. The lowest BCUT2D eigenvalue weighted by Gasteiger charge is -2.19. The van der Waals surface area contributed by atoms with Crippen LogP contribution in [0.4, 0.5) is 0 Å². The molecule has 110 valence electrons. The van der Waals surface area contributed by atoms with Gasteiger partial charge in [0.15, 0.2) is 0 Å². The van der Waals surface area contributed by atoms with Gasteiger partial charge in [-0.2, -0.15) is 0 Å². The minimum atomic E-state index is -3.86. The third kappa shape index (κ3) is 3.55. The molecular weight excluding hydrogens is 284 g/mol. The Morgan fingerprint density at radius 3 is 2.50 bits per heavy atom. The molecule has 1 aromatic rings. The van der Waals surface area contributed by atoms with Gasteiger partial charge < -0.3 is 10.8 Å². The highest BCUT2D eigenvalue weighted by Crippen LogP contribution is 2.17. The van der Waals surface area contributed by atoms with E-state index in [4.69, 9.17) is 10.8 Å². The van der Waals surface area contributed by atoms with Gasteiger partial charge in [0.05, 0.1) is 10.8 Å². The van der Waals surface area contributed by atoms with Crippen LogP contribution in [0.1, 0.15) is 17.3 Å². The molecule has 0 bridgehead atoms. The summed E-state index contributed by atoms with van der Waals surface area (Å²) >= 11 is 0. The van der Waals surface area contributed by atoms with E-state index in [0.717, 1.165) is 4.31 Å². The topological polar surface area (TPSA) is 118 Å². The van der Waals surface area contributed by atoms with Crippen LogP contribution in [-0.2, 0) is 14.8 Å². The first-order chi connectivity index (χ1) is 9.16. The second kappa shape index (κ2) is 6.02. The van der Waals surface area contributed by atoms with Gasteiger partial charge in [0.2, 0.25) is 15.9 Å². The Labute approximate surface area is 117 Å². The molecule has 0 saturated carbocycles. The normalized spacial score (nSPS) is 13.2. The van der Waals surface area contributed by atoms with Crippen LogP contribution in [-0.4, -0.2) is 43.3 Å². The van der Waals surface area contributed by atoms with Crippen LogP contribution in [0.25, 0.3) is 0 Å². The molecule has 20 heavy (non-hydrogen) atoms. The number of aliphatic carboxylic acids is 1. The van der Waals surface area contributed by atoms with E-state index in [1.807, 2.05) is 0 Å². The standard InChI is InChI=1S/C12H16N2O5S/c1-8(12(16)17)7-14(2)20(18,19)10-5-3-4-9(6-10)11(13)15/h3-6,8H,7H2,1-2H3,(H2,13,15)(H,16,17). The van der Waals surface area contributed by atoms with E-state index >= 15 is 0 Å². The van der Waals surface area contributed by atoms with E-state index in [-0.39, 0.29) is 17.0 Å². The summed E-state index contributed by atoms with van der Waals surface area (Å²) in [4.78, 5) is 21.7. The molecule has 0 fully saturated rings. The molecule has 8 heteroatoms. The second-order valence-electron chi connectivity index (χ2n) is 4.42. The van der Waals surface area contributed by atoms with Gasteiger partial charge in [0, 0.05) is 19.2 Å². The maximum Gasteiger partial charge on any atom is 0.307 e. The Hall–Kier alpha value is -1.93. The zero-order valence-electron chi connectivity index (χ0n) is 11.1. The molecule has 1 unspecified atom stereocenters. The van der Waals surface area contributed by atoms with Crippen LogP contribution in [0.3, 0.4) is 0 Å². The number of primary amides is 1. The first-order valence-electron chi connectivity index (χ1n) is 5.75. The first-order valence-corrected chi connectivity index (χ1v) is 7.19. The van der Waals surface area contributed by atoms with Gasteiger partial charge in [0.1, 0.15) is 0 Å².